The van der Waals surface area contributed by atoms with Crippen LogP contribution >= 0.6 is 0 Å². The van der Waals surface area contributed by atoms with Crippen LogP contribution in [0.3, 0.4) is 0 Å². The second-order valence-electron chi connectivity index (χ2n) is 5.37. The number of hydrogen-bond acceptors (Lipinski definition) is 4. The highest BCUT2D eigenvalue weighted by atomic mass is 19.1. The number of rotatable bonds is 7. The minimum Gasteiger partial charge on any atom is -0.465 e. The van der Waals surface area contributed by atoms with Gasteiger partial charge in [-0.2, -0.15) is 0 Å². The maximum Gasteiger partial charge on any atom is 0.337 e. The Hall–Kier alpha value is -2.56. The second-order valence-corrected chi connectivity index (χ2v) is 5.37. The minimum absolute atomic E-state index is 0.210. The summed E-state index contributed by atoms with van der Waals surface area (Å²) in [5.41, 5.74) is 2.79. The van der Waals surface area contributed by atoms with Gasteiger partial charge in [0.2, 0.25) is 0 Å². The summed E-state index contributed by atoms with van der Waals surface area (Å²) in [5.74, 6) is -0.967. The highest BCUT2D eigenvalue weighted by Gasteiger charge is 2.09. The van der Waals surface area contributed by atoms with E-state index >= 15 is 0 Å². The SMILES string of the molecule is CCN(CC)c1ccc(NCc2ccc(C(=O)OC)cc2F)cc1. The number of carbonyl (C=O) groups is 1. The highest BCUT2D eigenvalue weighted by Crippen LogP contribution is 2.19. The normalized spacial score (nSPS) is 10.3. The van der Waals surface area contributed by atoms with Gasteiger partial charge in [0.1, 0.15) is 5.82 Å². The lowest BCUT2D eigenvalue weighted by Crippen LogP contribution is -2.21. The Kier molecular flexibility index (Phi) is 6.18. The molecule has 5 heteroatoms. The molecule has 0 aliphatic rings. The van der Waals surface area contributed by atoms with Crippen molar-refractivity contribution in [2.24, 2.45) is 0 Å². The van der Waals surface area contributed by atoms with Crippen LogP contribution in [0.15, 0.2) is 42.5 Å². The average molecular weight is 330 g/mol. The third-order valence-corrected chi connectivity index (χ3v) is 3.95. The van der Waals surface area contributed by atoms with Crippen molar-refractivity contribution in [2.45, 2.75) is 20.4 Å². The van der Waals surface area contributed by atoms with Crippen LogP contribution in [-0.2, 0) is 11.3 Å². The molecule has 0 radical (unpaired) electrons. The summed E-state index contributed by atoms with van der Waals surface area (Å²) in [5, 5.41) is 3.19. The van der Waals surface area contributed by atoms with Crippen molar-refractivity contribution in [3.63, 3.8) is 0 Å². The van der Waals surface area contributed by atoms with E-state index in [0.717, 1.165) is 18.8 Å². The molecule has 128 valence electrons. The van der Waals surface area contributed by atoms with Gasteiger partial charge < -0.3 is 15.0 Å². The lowest BCUT2D eigenvalue weighted by atomic mass is 10.1. The first-order chi connectivity index (χ1) is 11.6. The number of hydrogen-bond donors (Lipinski definition) is 1. The van der Waals surface area contributed by atoms with E-state index in [1.54, 1.807) is 12.1 Å². The molecule has 2 aromatic rings. The fourth-order valence-electron chi connectivity index (χ4n) is 2.51. The number of ether oxygens (including phenoxy) is 1. The lowest BCUT2D eigenvalue weighted by Gasteiger charge is -2.21. The fourth-order valence-corrected chi connectivity index (χ4v) is 2.51. The number of methoxy groups -OCH3 is 1. The molecule has 0 amide bonds. The van der Waals surface area contributed by atoms with Crippen molar-refractivity contribution in [3.05, 3.63) is 59.4 Å². The number of esters is 1. The molecule has 0 atom stereocenters. The number of halogens is 1. The van der Waals surface area contributed by atoms with E-state index in [0.29, 0.717) is 12.1 Å². The van der Waals surface area contributed by atoms with Crippen LogP contribution in [0, 0.1) is 5.82 Å². The predicted octanol–water partition coefficient (Wildman–Crippen LogP) is 4.07. The molecule has 2 rings (SSSR count). The summed E-state index contributed by atoms with van der Waals surface area (Å²) in [6.45, 7) is 6.51. The Bertz CT molecular complexity index is 682. The number of nitrogens with one attached hydrogen (secondary N) is 1. The van der Waals surface area contributed by atoms with Gasteiger partial charge in [0.15, 0.2) is 0 Å². The second kappa shape index (κ2) is 8.34. The molecule has 0 aromatic heterocycles. The van der Waals surface area contributed by atoms with Crippen molar-refractivity contribution in [2.75, 3.05) is 30.4 Å². The zero-order valence-electron chi connectivity index (χ0n) is 14.3. The molecule has 0 aliphatic heterocycles. The molecule has 2 aromatic carbocycles. The third kappa shape index (κ3) is 4.25. The van der Waals surface area contributed by atoms with Crippen molar-refractivity contribution < 1.29 is 13.9 Å². The average Bonchev–Trinajstić information content (AvgIpc) is 2.62. The Morgan fingerprint density at radius 1 is 1.12 bits per heavy atom. The Labute approximate surface area is 142 Å². The van der Waals surface area contributed by atoms with Gasteiger partial charge in [-0.25, -0.2) is 9.18 Å². The van der Waals surface area contributed by atoms with Crippen molar-refractivity contribution in [3.8, 4) is 0 Å². The molecular weight excluding hydrogens is 307 g/mol. The van der Waals surface area contributed by atoms with E-state index in [2.05, 4.69) is 28.8 Å². The van der Waals surface area contributed by atoms with Crippen LogP contribution in [-0.4, -0.2) is 26.2 Å². The zero-order valence-corrected chi connectivity index (χ0v) is 14.3. The van der Waals surface area contributed by atoms with Gasteiger partial charge in [-0.05, 0) is 50.2 Å². The maximum atomic E-state index is 14.1. The number of carbonyl (C=O) groups excluding carboxylic acids is 1. The molecule has 0 heterocycles. The third-order valence-electron chi connectivity index (χ3n) is 3.95. The molecule has 0 spiro atoms. The van der Waals surface area contributed by atoms with Crippen LogP contribution < -0.4 is 10.2 Å². The summed E-state index contributed by atoms with van der Waals surface area (Å²) in [6.07, 6.45) is 0. The first-order valence-electron chi connectivity index (χ1n) is 8.04. The van der Waals surface area contributed by atoms with Crippen molar-refractivity contribution in [1.82, 2.24) is 0 Å². The number of anilines is 2. The molecular formula is C19H23FN2O2. The summed E-state index contributed by atoms with van der Waals surface area (Å²) < 4.78 is 18.6. The summed E-state index contributed by atoms with van der Waals surface area (Å²) in [7, 11) is 1.28. The Morgan fingerprint density at radius 2 is 1.79 bits per heavy atom. The Morgan fingerprint density at radius 3 is 2.33 bits per heavy atom. The standard InChI is InChI=1S/C19H23FN2O2/c1-4-22(5-2)17-10-8-16(9-11-17)21-13-15-7-6-14(12-18(15)20)19(23)24-3/h6-12,21H,4-5,13H2,1-3H3. The van der Waals surface area contributed by atoms with Crippen molar-refractivity contribution >= 4 is 17.3 Å². The van der Waals surface area contributed by atoms with E-state index < -0.39 is 11.8 Å². The smallest absolute Gasteiger partial charge is 0.337 e. The number of benzene rings is 2. The van der Waals surface area contributed by atoms with Crippen molar-refractivity contribution in [1.29, 1.82) is 0 Å². The van der Waals surface area contributed by atoms with E-state index in [1.165, 1.54) is 18.9 Å². The summed E-state index contributed by atoms with van der Waals surface area (Å²) in [4.78, 5) is 13.6. The van der Waals surface area contributed by atoms with Gasteiger partial charge in [0, 0.05) is 36.6 Å². The lowest BCUT2D eigenvalue weighted by molar-refractivity contribution is 0.0600. The molecule has 0 saturated carbocycles. The van der Waals surface area contributed by atoms with Gasteiger partial charge in [-0.1, -0.05) is 6.07 Å². The van der Waals surface area contributed by atoms with E-state index in [-0.39, 0.29) is 5.56 Å². The molecule has 0 bridgehead atoms. The van der Waals surface area contributed by atoms with Crippen LogP contribution in [0.4, 0.5) is 15.8 Å². The summed E-state index contributed by atoms with van der Waals surface area (Å²) in [6, 6.07) is 12.4. The molecule has 0 fully saturated rings. The molecule has 0 saturated heterocycles. The van der Waals surface area contributed by atoms with Crippen LogP contribution in [0.25, 0.3) is 0 Å². The maximum absolute atomic E-state index is 14.1. The van der Waals surface area contributed by atoms with E-state index in [9.17, 15) is 9.18 Å². The fraction of sp³-hybridized carbons (Fsp3) is 0.316. The molecule has 24 heavy (non-hydrogen) atoms. The van der Waals surface area contributed by atoms with Gasteiger partial charge in [-0.3, -0.25) is 0 Å². The zero-order chi connectivity index (χ0) is 17.5. The molecule has 1 N–H and O–H groups in total. The van der Waals surface area contributed by atoms with E-state index in [1.807, 2.05) is 24.3 Å². The van der Waals surface area contributed by atoms with Crippen LogP contribution in [0.1, 0.15) is 29.8 Å². The highest BCUT2D eigenvalue weighted by molar-refractivity contribution is 5.89. The van der Waals surface area contributed by atoms with Gasteiger partial charge in [0.25, 0.3) is 0 Å². The quantitative estimate of drug-likeness (QED) is 0.777. The van der Waals surface area contributed by atoms with Gasteiger partial charge in [0.05, 0.1) is 12.7 Å². The minimum atomic E-state index is -0.541. The van der Waals surface area contributed by atoms with Gasteiger partial charge >= 0.3 is 5.97 Å². The molecule has 0 unspecified atom stereocenters. The first kappa shape index (κ1) is 17.8. The first-order valence-corrected chi connectivity index (χ1v) is 8.04. The molecule has 0 aliphatic carbocycles. The number of nitrogens with zero attached hydrogens (tertiary/aromatic N) is 1. The van der Waals surface area contributed by atoms with Crippen LogP contribution in [0.2, 0.25) is 0 Å². The van der Waals surface area contributed by atoms with E-state index in [4.69, 9.17) is 0 Å². The monoisotopic (exact) mass is 330 g/mol. The Balaban J connectivity index is 2.02. The molecule has 4 nitrogen and oxygen atoms in total. The predicted molar refractivity (Wildman–Crippen MR) is 95.1 cm³/mol. The topological polar surface area (TPSA) is 41.6 Å². The summed E-state index contributed by atoms with van der Waals surface area (Å²) >= 11 is 0. The van der Waals surface area contributed by atoms with Crippen LogP contribution in [0.5, 0.6) is 0 Å². The largest absolute Gasteiger partial charge is 0.465 e. The van der Waals surface area contributed by atoms with Gasteiger partial charge in [-0.15, -0.1) is 0 Å².